The number of ether oxygens (including phenoxy) is 1. The predicted octanol–water partition coefficient (Wildman–Crippen LogP) is 3.43. The first-order valence-corrected chi connectivity index (χ1v) is 8.92. The van der Waals surface area contributed by atoms with Crippen LogP contribution >= 0.6 is 0 Å². The standard InChI is InChI=1S/C21H20N2O4/c1-14(19-12-15-6-2-4-8-17(15)27-19)22-20(24)10-11-23-16-7-3-5-9-18(16)26-13-21(23)25/h2-9,12,14H,10-11,13H2,1H3,(H,22,24)/t14-/m1/s1. The second-order valence-electron chi connectivity index (χ2n) is 6.53. The van der Waals surface area contributed by atoms with Crippen LogP contribution in [0, 0.1) is 0 Å². The molecule has 0 radical (unpaired) electrons. The van der Waals surface area contributed by atoms with Crippen molar-refractivity contribution in [3.63, 3.8) is 0 Å². The van der Waals surface area contributed by atoms with Crippen molar-refractivity contribution in [1.82, 2.24) is 5.32 Å². The molecule has 6 heteroatoms. The van der Waals surface area contributed by atoms with Gasteiger partial charge in [-0.3, -0.25) is 9.59 Å². The van der Waals surface area contributed by atoms with Gasteiger partial charge in [0, 0.05) is 18.4 Å². The van der Waals surface area contributed by atoms with Gasteiger partial charge in [0.1, 0.15) is 17.1 Å². The summed E-state index contributed by atoms with van der Waals surface area (Å²) in [6, 6.07) is 16.7. The molecule has 27 heavy (non-hydrogen) atoms. The molecule has 1 aromatic heterocycles. The Morgan fingerprint density at radius 2 is 1.96 bits per heavy atom. The normalized spacial score (nSPS) is 14.6. The average molecular weight is 364 g/mol. The SMILES string of the molecule is C[C@@H](NC(=O)CCN1C(=O)COc2ccccc21)c1cc2ccccc2o1. The van der Waals surface area contributed by atoms with Gasteiger partial charge in [-0.05, 0) is 31.2 Å². The molecule has 0 unspecified atom stereocenters. The van der Waals surface area contributed by atoms with Crippen LogP contribution in [0.25, 0.3) is 11.0 Å². The molecule has 2 heterocycles. The number of furan rings is 1. The number of anilines is 1. The predicted molar refractivity (Wildman–Crippen MR) is 102 cm³/mol. The monoisotopic (exact) mass is 364 g/mol. The number of amides is 2. The molecule has 2 aromatic carbocycles. The highest BCUT2D eigenvalue weighted by molar-refractivity contribution is 5.98. The van der Waals surface area contributed by atoms with Gasteiger partial charge in [-0.15, -0.1) is 0 Å². The zero-order chi connectivity index (χ0) is 18.8. The lowest BCUT2D eigenvalue weighted by atomic mass is 10.2. The number of para-hydroxylation sites is 3. The van der Waals surface area contributed by atoms with Crippen LogP contribution in [0.4, 0.5) is 5.69 Å². The molecule has 0 bridgehead atoms. The van der Waals surface area contributed by atoms with Crippen LogP contribution in [-0.2, 0) is 9.59 Å². The van der Waals surface area contributed by atoms with E-state index in [-0.39, 0.29) is 30.9 Å². The van der Waals surface area contributed by atoms with Crippen LogP contribution in [0.3, 0.4) is 0 Å². The number of nitrogens with one attached hydrogen (secondary N) is 1. The van der Waals surface area contributed by atoms with Gasteiger partial charge in [0.15, 0.2) is 6.61 Å². The molecule has 0 saturated carbocycles. The number of benzene rings is 2. The van der Waals surface area contributed by atoms with Gasteiger partial charge in [-0.2, -0.15) is 0 Å². The van der Waals surface area contributed by atoms with Gasteiger partial charge in [0.25, 0.3) is 5.91 Å². The summed E-state index contributed by atoms with van der Waals surface area (Å²) in [5, 5.41) is 3.94. The van der Waals surface area contributed by atoms with Gasteiger partial charge in [-0.25, -0.2) is 0 Å². The first-order chi connectivity index (χ1) is 13.1. The third kappa shape index (κ3) is 3.51. The number of rotatable bonds is 5. The van der Waals surface area contributed by atoms with Crippen LogP contribution in [0.5, 0.6) is 5.75 Å². The lowest BCUT2D eigenvalue weighted by Gasteiger charge is -2.29. The maximum atomic E-state index is 12.4. The van der Waals surface area contributed by atoms with E-state index in [9.17, 15) is 9.59 Å². The smallest absolute Gasteiger partial charge is 0.265 e. The maximum absolute atomic E-state index is 12.4. The Bertz CT molecular complexity index is 962. The molecule has 4 rings (SSSR count). The summed E-state index contributed by atoms with van der Waals surface area (Å²) in [5.41, 5.74) is 1.50. The molecule has 0 saturated heterocycles. The highest BCUT2D eigenvalue weighted by Gasteiger charge is 2.25. The quantitative estimate of drug-likeness (QED) is 0.753. The Hall–Kier alpha value is -3.28. The molecule has 1 aliphatic heterocycles. The zero-order valence-electron chi connectivity index (χ0n) is 15.0. The number of hydrogen-bond acceptors (Lipinski definition) is 4. The highest BCUT2D eigenvalue weighted by Crippen LogP contribution is 2.31. The molecule has 6 nitrogen and oxygen atoms in total. The summed E-state index contributed by atoms with van der Waals surface area (Å²) in [7, 11) is 0. The van der Waals surface area contributed by atoms with E-state index >= 15 is 0 Å². The Labute approximate surface area is 156 Å². The van der Waals surface area contributed by atoms with Crippen LogP contribution < -0.4 is 15.0 Å². The Morgan fingerprint density at radius 3 is 2.81 bits per heavy atom. The van der Waals surface area contributed by atoms with Gasteiger partial charge >= 0.3 is 0 Å². The van der Waals surface area contributed by atoms with Crippen LogP contribution in [0.15, 0.2) is 59.0 Å². The van der Waals surface area contributed by atoms with E-state index in [0.29, 0.717) is 23.7 Å². The molecular weight excluding hydrogens is 344 g/mol. The Morgan fingerprint density at radius 1 is 1.19 bits per heavy atom. The molecule has 1 atom stereocenters. The van der Waals surface area contributed by atoms with Crippen LogP contribution in [-0.4, -0.2) is 25.0 Å². The highest BCUT2D eigenvalue weighted by atomic mass is 16.5. The fourth-order valence-corrected chi connectivity index (χ4v) is 3.21. The lowest BCUT2D eigenvalue weighted by Crippen LogP contribution is -2.41. The molecule has 0 fully saturated rings. The minimum atomic E-state index is -0.252. The maximum Gasteiger partial charge on any atom is 0.265 e. The number of fused-ring (bicyclic) bond motifs is 2. The van der Waals surface area contributed by atoms with Crippen molar-refractivity contribution in [3.05, 3.63) is 60.4 Å². The zero-order valence-corrected chi connectivity index (χ0v) is 15.0. The summed E-state index contributed by atoms with van der Waals surface area (Å²) in [5.74, 6) is 1.08. The van der Waals surface area contributed by atoms with Crippen molar-refractivity contribution in [2.45, 2.75) is 19.4 Å². The topological polar surface area (TPSA) is 71.8 Å². The third-order valence-electron chi connectivity index (χ3n) is 4.62. The summed E-state index contributed by atoms with van der Waals surface area (Å²) in [6.07, 6.45) is 0.199. The fourth-order valence-electron chi connectivity index (χ4n) is 3.21. The number of carbonyl (C=O) groups excluding carboxylic acids is 2. The first kappa shape index (κ1) is 17.1. The largest absolute Gasteiger partial charge is 0.482 e. The summed E-state index contributed by atoms with van der Waals surface area (Å²) < 4.78 is 11.2. The van der Waals surface area contributed by atoms with Gasteiger partial charge in [0.05, 0.1) is 11.7 Å². The van der Waals surface area contributed by atoms with Crippen molar-refractivity contribution in [1.29, 1.82) is 0 Å². The molecule has 3 aromatic rings. The van der Waals surface area contributed by atoms with E-state index in [1.807, 2.05) is 61.5 Å². The van der Waals surface area contributed by atoms with Crippen molar-refractivity contribution < 1.29 is 18.7 Å². The minimum absolute atomic E-state index is 0.00593. The van der Waals surface area contributed by atoms with Crippen LogP contribution in [0.1, 0.15) is 25.1 Å². The second-order valence-corrected chi connectivity index (χ2v) is 6.53. The fraction of sp³-hybridized carbons (Fsp3) is 0.238. The molecule has 2 amide bonds. The lowest BCUT2D eigenvalue weighted by molar-refractivity contribution is -0.122. The van der Waals surface area contributed by atoms with Gasteiger partial charge in [-0.1, -0.05) is 30.3 Å². The molecule has 0 aliphatic carbocycles. The van der Waals surface area contributed by atoms with Crippen molar-refractivity contribution >= 4 is 28.5 Å². The number of hydrogen-bond donors (Lipinski definition) is 1. The third-order valence-corrected chi connectivity index (χ3v) is 4.62. The van der Waals surface area contributed by atoms with Crippen molar-refractivity contribution in [2.75, 3.05) is 18.1 Å². The average Bonchev–Trinajstić information content (AvgIpc) is 3.11. The Kier molecular flexibility index (Phi) is 4.54. The van der Waals surface area contributed by atoms with Gasteiger partial charge < -0.3 is 19.4 Å². The van der Waals surface area contributed by atoms with Crippen LogP contribution in [0.2, 0.25) is 0 Å². The summed E-state index contributed by atoms with van der Waals surface area (Å²) in [6.45, 7) is 2.18. The molecular formula is C21H20N2O4. The molecule has 0 spiro atoms. The van der Waals surface area contributed by atoms with E-state index in [4.69, 9.17) is 9.15 Å². The summed E-state index contributed by atoms with van der Waals surface area (Å²) >= 11 is 0. The number of nitrogens with zero attached hydrogens (tertiary/aromatic N) is 1. The Balaban J connectivity index is 1.39. The molecule has 1 N–H and O–H groups in total. The van der Waals surface area contributed by atoms with E-state index in [1.165, 1.54) is 0 Å². The van der Waals surface area contributed by atoms with Crippen molar-refractivity contribution in [2.24, 2.45) is 0 Å². The van der Waals surface area contributed by atoms with E-state index in [2.05, 4.69) is 5.32 Å². The molecule has 138 valence electrons. The van der Waals surface area contributed by atoms with E-state index in [1.54, 1.807) is 4.90 Å². The van der Waals surface area contributed by atoms with E-state index in [0.717, 1.165) is 11.0 Å². The van der Waals surface area contributed by atoms with E-state index < -0.39 is 0 Å². The second kappa shape index (κ2) is 7.15. The minimum Gasteiger partial charge on any atom is -0.482 e. The van der Waals surface area contributed by atoms with Crippen molar-refractivity contribution in [3.8, 4) is 5.75 Å². The first-order valence-electron chi connectivity index (χ1n) is 8.92. The van der Waals surface area contributed by atoms with Gasteiger partial charge in [0.2, 0.25) is 5.91 Å². The number of carbonyl (C=O) groups is 2. The summed E-state index contributed by atoms with van der Waals surface area (Å²) in [4.78, 5) is 26.1. The molecule has 1 aliphatic rings.